The zero-order valence-electron chi connectivity index (χ0n) is 11.6. The predicted octanol–water partition coefficient (Wildman–Crippen LogP) is 3.01. The van der Waals surface area contributed by atoms with Gasteiger partial charge in [0, 0.05) is 6.04 Å². The maximum absolute atomic E-state index is 11.6. The van der Waals surface area contributed by atoms with E-state index in [4.69, 9.17) is 0 Å². The summed E-state index contributed by atoms with van der Waals surface area (Å²) in [6.45, 7) is 8.02. The molecule has 1 aromatic rings. The maximum Gasteiger partial charge on any atom is 0.328 e. The van der Waals surface area contributed by atoms with Crippen molar-refractivity contribution in [3.63, 3.8) is 0 Å². The Morgan fingerprint density at radius 3 is 2.28 bits per heavy atom. The zero-order valence-corrected chi connectivity index (χ0v) is 11.6. The van der Waals surface area contributed by atoms with Crippen LogP contribution in [0, 0.1) is 5.92 Å². The van der Waals surface area contributed by atoms with Crippen molar-refractivity contribution in [3.8, 4) is 0 Å². The van der Waals surface area contributed by atoms with Crippen LogP contribution in [0.4, 0.5) is 0 Å². The Kier molecular flexibility index (Phi) is 4.91. The summed E-state index contributed by atoms with van der Waals surface area (Å²) >= 11 is 0. The summed E-state index contributed by atoms with van der Waals surface area (Å²) in [5.74, 6) is -0.440. The fourth-order valence-corrected chi connectivity index (χ4v) is 2.15. The molecule has 0 saturated carbocycles. The predicted molar refractivity (Wildman–Crippen MR) is 73.5 cm³/mol. The van der Waals surface area contributed by atoms with Gasteiger partial charge in [0.15, 0.2) is 0 Å². The van der Waals surface area contributed by atoms with Gasteiger partial charge in [-0.1, -0.05) is 51.1 Å². The third kappa shape index (κ3) is 3.10. The van der Waals surface area contributed by atoms with Gasteiger partial charge in [-0.25, -0.2) is 4.79 Å². The average Bonchev–Trinajstić information content (AvgIpc) is 2.36. The van der Waals surface area contributed by atoms with Crippen molar-refractivity contribution in [3.05, 3.63) is 35.9 Å². The molecule has 1 aromatic carbocycles. The molecule has 0 aromatic heterocycles. The van der Waals surface area contributed by atoms with E-state index >= 15 is 0 Å². The van der Waals surface area contributed by atoms with E-state index < -0.39 is 11.5 Å². The molecule has 1 rings (SSSR count). The molecule has 2 unspecified atom stereocenters. The van der Waals surface area contributed by atoms with Crippen molar-refractivity contribution < 1.29 is 9.90 Å². The van der Waals surface area contributed by atoms with Gasteiger partial charge < -0.3 is 5.11 Å². The van der Waals surface area contributed by atoms with Gasteiger partial charge in [0.05, 0.1) is 0 Å². The highest BCUT2D eigenvalue weighted by Crippen LogP contribution is 2.23. The lowest BCUT2D eigenvalue weighted by Crippen LogP contribution is -2.52. The van der Waals surface area contributed by atoms with Crippen LogP contribution in [0.15, 0.2) is 30.3 Å². The van der Waals surface area contributed by atoms with E-state index in [2.05, 4.69) is 26.1 Å². The monoisotopic (exact) mass is 249 g/mol. The molecule has 0 saturated heterocycles. The number of rotatable bonds is 6. The molecule has 3 nitrogen and oxygen atoms in total. The van der Waals surface area contributed by atoms with Gasteiger partial charge in [-0.05, 0) is 24.8 Å². The van der Waals surface area contributed by atoms with E-state index in [-0.39, 0.29) is 6.04 Å². The van der Waals surface area contributed by atoms with Crippen molar-refractivity contribution in [2.24, 2.45) is 5.92 Å². The summed E-state index contributed by atoms with van der Waals surface area (Å²) in [7, 11) is 0. The normalized spacial score (nSPS) is 16.3. The SMILES string of the molecule is CCC(NC(C)(C(=O)O)c1ccccc1)C(C)C. The quantitative estimate of drug-likeness (QED) is 0.814. The third-order valence-electron chi connectivity index (χ3n) is 3.50. The molecular formula is C15H23NO2. The molecule has 2 N–H and O–H groups in total. The fraction of sp³-hybridized carbons (Fsp3) is 0.533. The van der Waals surface area contributed by atoms with Crippen molar-refractivity contribution >= 4 is 5.97 Å². The minimum atomic E-state index is -1.04. The summed E-state index contributed by atoms with van der Waals surface area (Å²) in [5, 5.41) is 12.8. The number of hydrogen-bond donors (Lipinski definition) is 2. The number of carbonyl (C=O) groups is 1. The van der Waals surface area contributed by atoms with E-state index in [0.717, 1.165) is 12.0 Å². The van der Waals surface area contributed by atoms with Crippen LogP contribution < -0.4 is 5.32 Å². The molecular weight excluding hydrogens is 226 g/mol. The standard InChI is InChI=1S/C15H23NO2/c1-5-13(11(2)3)16-15(4,14(17)18)12-9-7-6-8-10-12/h6-11,13,16H,5H2,1-4H3,(H,17,18). The number of carboxylic acid groups (broad SMARTS) is 1. The average molecular weight is 249 g/mol. The molecule has 100 valence electrons. The molecule has 0 fully saturated rings. The lowest BCUT2D eigenvalue weighted by atomic mass is 9.89. The van der Waals surface area contributed by atoms with E-state index in [1.807, 2.05) is 30.3 Å². The molecule has 0 spiro atoms. The second kappa shape index (κ2) is 6.01. The molecule has 3 heteroatoms. The van der Waals surface area contributed by atoms with E-state index in [9.17, 15) is 9.90 Å². The van der Waals surface area contributed by atoms with Gasteiger partial charge in [0.25, 0.3) is 0 Å². The van der Waals surface area contributed by atoms with Crippen molar-refractivity contribution in [2.75, 3.05) is 0 Å². The van der Waals surface area contributed by atoms with Gasteiger partial charge in [0.1, 0.15) is 5.54 Å². The number of hydrogen-bond acceptors (Lipinski definition) is 2. The highest BCUT2D eigenvalue weighted by Gasteiger charge is 2.37. The molecule has 0 aliphatic rings. The molecule has 0 amide bonds. The molecule has 2 atom stereocenters. The Morgan fingerprint density at radius 1 is 1.33 bits per heavy atom. The van der Waals surface area contributed by atoms with Crippen LogP contribution in [0.5, 0.6) is 0 Å². The summed E-state index contributed by atoms with van der Waals surface area (Å²) in [5.41, 5.74) is -0.247. The van der Waals surface area contributed by atoms with Gasteiger partial charge >= 0.3 is 5.97 Å². The minimum absolute atomic E-state index is 0.186. The fourth-order valence-electron chi connectivity index (χ4n) is 2.15. The number of benzene rings is 1. The van der Waals surface area contributed by atoms with E-state index in [1.165, 1.54) is 0 Å². The Labute approximate surface area is 109 Å². The maximum atomic E-state index is 11.6. The lowest BCUT2D eigenvalue weighted by molar-refractivity contribution is -0.145. The Hall–Kier alpha value is -1.35. The number of nitrogens with one attached hydrogen (secondary N) is 1. The van der Waals surface area contributed by atoms with Gasteiger partial charge in [-0.3, -0.25) is 5.32 Å². The molecule has 0 heterocycles. The van der Waals surface area contributed by atoms with Crippen LogP contribution in [0.2, 0.25) is 0 Å². The smallest absolute Gasteiger partial charge is 0.328 e. The molecule has 0 radical (unpaired) electrons. The number of carboxylic acids is 1. The van der Waals surface area contributed by atoms with Gasteiger partial charge in [-0.2, -0.15) is 0 Å². The Morgan fingerprint density at radius 2 is 1.89 bits per heavy atom. The van der Waals surface area contributed by atoms with Crippen molar-refractivity contribution in [1.82, 2.24) is 5.32 Å². The Bertz CT molecular complexity index is 389. The first-order valence-corrected chi connectivity index (χ1v) is 6.48. The summed E-state index contributed by atoms with van der Waals surface area (Å²) in [4.78, 5) is 11.6. The largest absolute Gasteiger partial charge is 0.480 e. The number of aliphatic carboxylic acids is 1. The van der Waals surface area contributed by atoms with Crippen LogP contribution in [0.1, 0.15) is 39.7 Å². The molecule has 18 heavy (non-hydrogen) atoms. The third-order valence-corrected chi connectivity index (χ3v) is 3.50. The molecule has 0 aliphatic carbocycles. The van der Waals surface area contributed by atoms with Crippen LogP contribution in [0.25, 0.3) is 0 Å². The van der Waals surface area contributed by atoms with Crippen LogP contribution in [-0.2, 0) is 10.3 Å². The van der Waals surface area contributed by atoms with Gasteiger partial charge in [0.2, 0.25) is 0 Å². The van der Waals surface area contributed by atoms with Crippen LogP contribution in [-0.4, -0.2) is 17.1 Å². The second-order valence-corrected chi connectivity index (χ2v) is 5.20. The Balaban J connectivity index is 3.05. The van der Waals surface area contributed by atoms with E-state index in [0.29, 0.717) is 5.92 Å². The summed E-state index contributed by atoms with van der Waals surface area (Å²) in [6, 6.07) is 9.53. The second-order valence-electron chi connectivity index (χ2n) is 5.20. The van der Waals surface area contributed by atoms with Crippen molar-refractivity contribution in [2.45, 2.75) is 45.7 Å². The summed E-state index contributed by atoms with van der Waals surface area (Å²) < 4.78 is 0. The first kappa shape index (κ1) is 14.7. The van der Waals surface area contributed by atoms with E-state index in [1.54, 1.807) is 6.92 Å². The highest BCUT2D eigenvalue weighted by atomic mass is 16.4. The first-order valence-electron chi connectivity index (χ1n) is 6.48. The highest BCUT2D eigenvalue weighted by molar-refractivity contribution is 5.80. The minimum Gasteiger partial charge on any atom is -0.480 e. The topological polar surface area (TPSA) is 49.3 Å². The van der Waals surface area contributed by atoms with Crippen molar-refractivity contribution in [1.29, 1.82) is 0 Å². The first-order chi connectivity index (χ1) is 8.41. The molecule has 0 bridgehead atoms. The lowest BCUT2D eigenvalue weighted by Gasteiger charge is -2.33. The van der Waals surface area contributed by atoms with Gasteiger partial charge in [-0.15, -0.1) is 0 Å². The molecule has 0 aliphatic heterocycles. The summed E-state index contributed by atoms with van der Waals surface area (Å²) in [6.07, 6.45) is 0.910. The van der Waals surface area contributed by atoms with Crippen LogP contribution >= 0.6 is 0 Å². The van der Waals surface area contributed by atoms with Crippen LogP contribution in [0.3, 0.4) is 0 Å². The zero-order chi connectivity index (χ0) is 13.8.